The van der Waals surface area contributed by atoms with Crippen molar-refractivity contribution < 1.29 is 9.18 Å². The summed E-state index contributed by atoms with van der Waals surface area (Å²) in [4.78, 5) is 20.9. The molecule has 1 saturated carbocycles. The molecular weight excluding hydrogens is 295 g/mol. The maximum atomic E-state index is 13.4. The lowest BCUT2D eigenvalue weighted by Crippen LogP contribution is -2.44. The van der Waals surface area contributed by atoms with Gasteiger partial charge in [-0.1, -0.05) is 13.8 Å². The van der Waals surface area contributed by atoms with Gasteiger partial charge >= 0.3 is 0 Å². The average Bonchev–Trinajstić information content (AvgIpc) is 3.25. The fourth-order valence-electron chi connectivity index (χ4n) is 2.53. The molecular formula is C17H21FN4O. The number of carbonyl (C=O) groups excluding carboxylic acids is 1. The van der Waals surface area contributed by atoms with Crippen molar-refractivity contribution in [2.45, 2.75) is 33.6 Å². The van der Waals surface area contributed by atoms with Crippen LogP contribution in [0.5, 0.6) is 0 Å². The zero-order valence-electron chi connectivity index (χ0n) is 13.7. The van der Waals surface area contributed by atoms with Gasteiger partial charge in [0.1, 0.15) is 11.6 Å². The number of rotatable bonds is 5. The number of hydrogen-bond acceptors (Lipinski definition) is 3. The average molecular weight is 316 g/mol. The van der Waals surface area contributed by atoms with Crippen LogP contribution >= 0.6 is 0 Å². The van der Waals surface area contributed by atoms with Crippen LogP contribution in [0.15, 0.2) is 24.7 Å². The first-order valence-electron chi connectivity index (χ1n) is 7.94. The lowest BCUT2D eigenvalue weighted by atomic mass is 10.2. The van der Waals surface area contributed by atoms with Crippen molar-refractivity contribution >= 4 is 5.91 Å². The second-order valence-corrected chi connectivity index (χ2v) is 6.43. The number of amides is 1. The van der Waals surface area contributed by atoms with E-state index in [2.05, 4.69) is 9.97 Å². The second-order valence-electron chi connectivity index (χ2n) is 6.43. The summed E-state index contributed by atoms with van der Waals surface area (Å²) in [6, 6.07) is 1.40. The SMILES string of the molecule is Cc1nc(-c2cncc(F)c2)cn1N(CC1CC1)C(=O)C(C)C. The molecule has 0 saturated heterocycles. The normalized spacial score (nSPS) is 14.3. The Balaban J connectivity index is 1.95. The number of nitrogens with zero attached hydrogens (tertiary/aromatic N) is 4. The molecule has 0 spiro atoms. The van der Waals surface area contributed by atoms with Gasteiger partial charge in [-0.15, -0.1) is 0 Å². The Morgan fingerprint density at radius 3 is 2.78 bits per heavy atom. The standard InChI is InChI=1S/C17H21FN4O/c1-11(2)17(23)22(9-13-4-5-13)21-10-16(20-12(21)3)14-6-15(18)8-19-7-14/h6-8,10-11,13H,4-5,9H2,1-3H3. The van der Waals surface area contributed by atoms with E-state index in [9.17, 15) is 9.18 Å². The molecule has 2 aromatic heterocycles. The Bertz CT molecular complexity index is 721. The molecule has 2 aromatic rings. The molecule has 1 amide bonds. The van der Waals surface area contributed by atoms with Gasteiger partial charge in [0.05, 0.1) is 18.1 Å². The van der Waals surface area contributed by atoms with Gasteiger partial charge in [-0.25, -0.2) is 19.1 Å². The maximum absolute atomic E-state index is 13.4. The predicted octanol–water partition coefficient (Wildman–Crippen LogP) is 2.92. The molecule has 0 radical (unpaired) electrons. The van der Waals surface area contributed by atoms with E-state index in [1.807, 2.05) is 20.8 Å². The lowest BCUT2D eigenvalue weighted by molar-refractivity contribution is -0.123. The fourth-order valence-corrected chi connectivity index (χ4v) is 2.53. The largest absolute Gasteiger partial charge is 0.273 e. The van der Waals surface area contributed by atoms with Crippen molar-refractivity contribution in [2.24, 2.45) is 11.8 Å². The van der Waals surface area contributed by atoms with Gasteiger partial charge in [0.25, 0.3) is 0 Å². The predicted molar refractivity (Wildman–Crippen MR) is 85.8 cm³/mol. The van der Waals surface area contributed by atoms with Crippen LogP contribution in [-0.2, 0) is 4.79 Å². The molecule has 0 N–H and O–H groups in total. The summed E-state index contributed by atoms with van der Waals surface area (Å²) >= 11 is 0. The zero-order valence-corrected chi connectivity index (χ0v) is 13.7. The van der Waals surface area contributed by atoms with E-state index in [1.165, 1.54) is 6.07 Å². The first kappa shape index (κ1) is 15.6. The Hall–Kier alpha value is -2.24. The van der Waals surface area contributed by atoms with Gasteiger partial charge in [-0.3, -0.25) is 9.78 Å². The molecule has 0 aromatic carbocycles. The smallest absolute Gasteiger partial charge is 0.243 e. The highest BCUT2D eigenvalue weighted by atomic mass is 19.1. The van der Waals surface area contributed by atoms with Gasteiger partial charge in [0.15, 0.2) is 0 Å². The third kappa shape index (κ3) is 3.41. The van der Waals surface area contributed by atoms with E-state index >= 15 is 0 Å². The van der Waals surface area contributed by atoms with Crippen molar-refractivity contribution in [3.63, 3.8) is 0 Å². The summed E-state index contributed by atoms with van der Waals surface area (Å²) < 4.78 is 15.2. The van der Waals surface area contributed by atoms with Gasteiger partial charge in [-0.2, -0.15) is 0 Å². The number of pyridine rings is 1. The van der Waals surface area contributed by atoms with E-state index in [0.717, 1.165) is 19.0 Å². The highest BCUT2D eigenvalue weighted by Gasteiger charge is 2.29. The van der Waals surface area contributed by atoms with E-state index in [4.69, 9.17) is 0 Å². The number of halogens is 1. The highest BCUT2D eigenvalue weighted by Crippen LogP contribution is 2.30. The summed E-state index contributed by atoms with van der Waals surface area (Å²) in [5.41, 5.74) is 1.22. The van der Waals surface area contributed by atoms with Gasteiger partial charge in [0, 0.05) is 24.2 Å². The molecule has 23 heavy (non-hydrogen) atoms. The minimum atomic E-state index is -0.400. The molecule has 0 atom stereocenters. The van der Waals surface area contributed by atoms with Crippen LogP contribution in [0.25, 0.3) is 11.3 Å². The lowest BCUT2D eigenvalue weighted by Gasteiger charge is -2.26. The molecule has 122 valence electrons. The molecule has 5 nitrogen and oxygen atoms in total. The van der Waals surface area contributed by atoms with Crippen molar-refractivity contribution in [2.75, 3.05) is 11.6 Å². The molecule has 0 unspecified atom stereocenters. The van der Waals surface area contributed by atoms with Gasteiger partial charge in [-0.05, 0) is 31.7 Å². The maximum Gasteiger partial charge on any atom is 0.243 e. The fraction of sp³-hybridized carbons (Fsp3) is 0.471. The number of hydrogen-bond donors (Lipinski definition) is 0. The molecule has 1 aliphatic rings. The quantitative estimate of drug-likeness (QED) is 0.852. The molecule has 6 heteroatoms. The minimum absolute atomic E-state index is 0.0707. The van der Waals surface area contributed by atoms with Gasteiger partial charge < -0.3 is 0 Å². The summed E-state index contributed by atoms with van der Waals surface area (Å²) in [5.74, 6) is 0.858. The number of carbonyl (C=O) groups is 1. The van der Waals surface area contributed by atoms with Crippen LogP contribution in [0.3, 0.4) is 0 Å². The molecule has 0 bridgehead atoms. The van der Waals surface area contributed by atoms with Crippen molar-refractivity contribution in [3.8, 4) is 11.3 Å². The van der Waals surface area contributed by atoms with Crippen molar-refractivity contribution in [1.29, 1.82) is 0 Å². The number of aromatic nitrogens is 3. The summed E-state index contributed by atoms with van der Waals surface area (Å²) in [6.45, 7) is 6.34. The summed E-state index contributed by atoms with van der Waals surface area (Å²) in [6.07, 6.45) is 6.85. The number of aryl methyl sites for hydroxylation is 1. The Morgan fingerprint density at radius 1 is 1.43 bits per heavy atom. The van der Waals surface area contributed by atoms with Crippen molar-refractivity contribution in [1.82, 2.24) is 14.6 Å². The molecule has 0 aliphatic heterocycles. The van der Waals surface area contributed by atoms with Crippen LogP contribution < -0.4 is 5.01 Å². The summed E-state index contributed by atoms with van der Waals surface area (Å²) in [7, 11) is 0. The first-order valence-corrected chi connectivity index (χ1v) is 7.94. The first-order chi connectivity index (χ1) is 11.0. The zero-order chi connectivity index (χ0) is 16.6. The van der Waals surface area contributed by atoms with Crippen LogP contribution in [-0.4, -0.2) is 27.1 Å². The highest BCUT2D eigenvalue weighted by molar-refractivity contribution is 5.87. The molecule has 3 rings (SSSR count). The van der Waals surface area contributed by atoms with Crippen LogP contribution in [0.4, 0.5) is 4.39 Å². The second kappa shape index (κ2) is 6.10. The topological polar surface area (TPSA) is 51.0 Å². The minimum Gasteiger partial charge on any atom is -0.273 e. The van der Waals surface area contributed by atoms with Crippen molar-refractivity contribution in [3.05, 3.63) is 36.3 Å². The Morgan fingerprint density at radius 2 is 2.17 bits per heavy atom. The third-order valence-electron chi connectivity index (χ3n) is 4.00. The molecule has 1 fully saturated rings. The van der Waals surface area contributed by atoms with E-state index < -0.39 is 5.82 Å². The van der Waals surface area contributed by atoms with E-state index in [1.54, 1.807) is 22.1 Å². The Kier molecular flexibility index (Phi) is 4.15. The third-order valence-corrected chi connectivity index (χ3v) is 4.00. The number of imidazole rings is 1. The summed E-state index contributed by atoms with van der Waals surface area (Å²) in [5, 5.41) is 1.76. The van der Waals surface area contributed by atoms with Gasteiger partial charge in [0.2, 0.25) is 5.91 Å². The molecule has 2 heterocycles. The van der Waals surface area contributed by atoms with Crippen LogP contribution in [0.1, 0.15) is 32.5 Å². The van der Waals surface area contributed by atoms with Crippen LogP contribution in [0.2, 0.25) is 0 Å². The van der Waals surface area contributed by atoms with E-state index in [-0.39, 0.29) is 11.8 Å². The molecule has 1 aliphatic carbocycles. The monoisotopic (exact) mass is 316 g/mol. The van der Waals surface area contributed by atoms with Crippen LogP contribution in [0, 0.1) is 24.6 Å². The van der Waals surface area contributed by atoms with E-state index in [0.29, 0.717) is 29.5 Å². The Labute approximate surface area is 135 Å².